The third kappa shape index (κ3) is 5.65. The third-order valence-electron chi connectivity index (χ3n) is 2.64. The lowest BCUT2D eigenvalue weighted by molar-refractivity contribution is -0.697. The maximum absolute atomic E-state index is 8.56. The summed E-state index contributed by atoms with van der Waals surface area (Å²) in [5, 5.41) is 17.1. The van der Waals surface area contributed by atoms with Gasteiger partial charge in [-0.05, 0) is 19.3 Å². The number of aromatic nitrogens is 1. The quantitative estimate of drug-likeness (QED) is 0.306. The second-order valence-corrected chi connectivity index (χ2v) is 3.98. The van der Waals surface area contributed by atoms with E-state index in [9.17, 15) is 0 Å². The summed E-state index contributed by atoms with van der Waals surface area (Å²) in [5.41, 5.74) is 0.349. The molecule has 0 aliphatic rings. The molecule has 3 heteroatoms. The van der Waals surface area contributed by atoms with Gasteiger partial charge in [0.1, 0.15) is 12.6 Å². The third-order valence-corrected chi connectivity index (χ3v) is 2.64. The van der Waals surface area contributed by atoms with E-state index in [0.29, 0.717) is 12.0 Å². The molecule has 0 amide bonds. The molecule has 1 aromatic heterocycles. The Balaban J connectivity index is 2.06. The first-order valence-corrected chi connectivity index (χ1v) is 5.97. The summed E-state index contributed by atoms with van der Waals surface area (Å²) < 4.78 is 2.17. The van der Waals surface area contributed by atoms with Crippen molar-refractivity contribution >= 4 is 5.87 Å². The molecule has 0 radical (unpaired) electrons. The molecule has 0 aliphatic heterocycles. The molecular formula is C14H17N3. The molecular weight excluding hydrogens is 210 g/mol. The lowest BCUT2D eigenvalue weighted by atomic mass is 10.1. The van der Waals surface area contributed by atoms with Gasteiger partial charge in [0.05, 0.1) is 0 Å². The minimum absolute atomic E-state index is 0.349. The van der Waals surface area contributed by atoms with Gasteiger partial charge in [-0.25, -0.2) is 4.57 Å². The Bertz CT molecular complexity index is 411. The molecule has 0 unspecified atom stereocenters. The van der Waals surface area contributed by atoms with E-state index in [1.165, 1.54) is 0 Å². The molecule has 3 nitrogen and oxygen atoms in total. The number of hydrogen-bond donors (Lipinski definition) is 0. The Morgan fingerprint density at radius 1 is 1.06 bits per heavy atom. The highest BCUT2D eigenvalue weighted by Crippen LogP contribution is 2.07. The topological polar surface area (TPSA) is 50.0 Å². The van der Waals surface area contributed by atoms with Crippen molar-refractivity contribution in [2.24, 2.45) is 0 Å². The Kier molecular flexibility index (Phi) is 6.40. The zero-order valence-corrected chi connectivity index (χ0v) is 9.97. The molecule has 0 bridgehead atoms. The van der Waals surface area contributed by atoms with E-state index < -0.39 is 0 Å². The van der Waals surface area contributed by atoms with Gasteiger partial charge in [0.15, 0.2) is 12.4 Å². The second kappa shape index (κ2) is 8.27. The van der Waals surface area contributed by atoms with Gasteiger partial charge in [-0.2, -0.15) is 5.26 Å². The van der Waals surface area contributed by atoms with Crippen molar-refractivity contribution in [3.05, 3.63) is 41.6 Å². The van der Waals surface area contributed by atoms with E-state index in [0.717, 1.165) is 32.2 Å². The monoisotopic (exact) mass is 227 g/mol. The van der Waals surface area contributed by atoms with Crippen LogP contribution >= 0.6 is 0 Å². The normalized spacial score (nSPS) is 9.35. The molecule has 0 atom stereocenters. The lowest BCUT2D eigenvalue weighted by Crippen LogP contribution is -2.32. The van der Waals surface area contributed by atoms with Crippen LogP contribution in [0.25, 0.3) is 5.41 Å². The maximum atomic E-state index is 8.56. The highest BCUT2D eigenvalue weighted by molar-refractivity contribution is 5.65. The molecule has 0 fully saturated rings. The summed E-state index contributed by atoms with van der Waals surface area (Å²) in [4.78, 5) is 0. The molecule has 0 aliphatic carbocycles. The highest BCUT2D eigenvalue weighted by Gasteiger charge is 1.98. The number of rotatable bonds is 7. The number of allylic oxidation sites excluding steroid dienone is 1. The van der Waals surface area contributed by atoms with Crippen molar-refractivity contribution in [3.8, 4) is 6.07 Å². The first-order valence-electron chi connectivity index (χ1n) is 5.97. The summed E-state index contributed by atoms with van der Waals surface area (Å²) >= 11 is 0. The van der Waals surface area contributed by atoms with E-state index in [1.54, 1.807) is 0 Å². The molecule has 17 heavy (non-hydrogen) atoms. The molecule has 0 saturated carbocycles. The van der Waals surface area contributed by atoms with E-state index in [1.807, 2.05) is 30.1 Å². The van der Waals surface area contributed by atoms with Crippen LogP contribution in [0.4, 0.5) is 0 Å². The predicted octanol–water partition coefficient (Wildman–Crippen LogP) is 2.61. The average Bonchev–Trinajstić information content (AvgIpc) is 2.39. The van der Waals surface area contributed by atoms with E-state index in [-0.39, 0.29) is 0 Å². The first kappa shape index (κ1) is 13.2. The number of unbranched alkanes of at least 4 members (excludes halogenated alkanes) is 3. The minimum atomic E-state index is 0.349. The zero-order chi connectivity index (χ0) is 12.3. The van der Waals surface area contributed by atoms with Crippen molar-refractivity contribution in [2.45, 2.75) is 38.6 Å². The highest BCUT2D eigenvalue weighted by atomic mass is 14.9. The van der Waals surface area contributed by atoms with Gasteiger partial charge in [-0.15, -0.1) is 0 Å². The Morgan fingerprint density at radius 3 is 2.41 bits per heavy atom. The van der Waals surface area contributed by atoms with E-state index in [2.05, 4.69) is 17.0 Å². The molecule has 1 rings (SSSR count). The zero-order valence-electron chi connectivity index (χ0n) is 9.97. The number of pyridine rings is 1. The molecule has 1 aromatic rings. The fraction of sp³-hybridized carbons (Fsp3) is 0.429. The van der Waals surface area contributed by atoms with Gasteiger partial charge in [0.25, 0.3) is 0 Å². The van der Waals surface area contributed by atoms with Crippen LogP contribution < -0.4 is 4.57 Å². The predicted molar refractivity (Wildman–Crippen MR) is 67.2 cm³/mol. The Morgan fingerprint density at radius 2 is 1.76 bits per heavy atom. The standard InChI is InChI=1S/C14H17N3/c15-12-14(13-16)8-4-1-2-5-9-17-10-6-3-7-11-17/h3,6-7,10-11H,1-2,4-5,8-9H2. The second-order valence-electron chi connectivity index (χ2n) is 3.98. The van der Waals surface area contributed by atoms with Crippen molar-refractivity contribution in [1.29, 1.82) is 5.26 Å². The molecule has 0 N–H and O–H groups in total. The van der Waals surface area contributed by atoms with Crippen LogP contribution in [-0.2, 0) is 6.54 Å². The largest absolute Gasteiger partial charge is 0.762 e. The van der Waals surface area contributed by atoms with Gasteiger partial charge in [0.2, 0.25) is 0 Å². The lowest BCUT2D eigenvalue weighted by Gasteiger charge is -1.99. The average molecular weight is 227 g/mol. The number of nitrogens with zero attached hydrogens (tertiary/aromatic N) is 3. The summed E-state index contributed by atoms with van der Waals surface area (Å²) in [7, 11) is 0. The van der Waals surface area contributed by atoms with Crippen molar-refractivity contribution in [3.63, 3.8) is 0 Å². The number of aryl methyl sites for hydroxylation is 1. The first-order chi connectivity index (χ1) is 8.36. The van der Waals surface area contributed by atoms with E-state index >= 15 is 0 Å². The smallest absolute Gasteiger partial charge is 0.168 e. The van der Waals surface area contributed by atoms with Crippen LogP contribution in [-0.4, -0.2) is 5.87 Å². The van der Waals surface area contributed by atoms with Gasteiger partial charge < -0.3 is 5.41 Å². The number of hydrogen-bond acceptors (Lipinski definition) is 1. The molecule has 0 spiro atoms. The number of nitriles is 1. The van der Waals surface area contributed by atoms with Crippen LogP contribution in [0.3, 0.4) is 0 Å². The Labute approximate surface area is 103 Å². The van der Waals surface area contributed by atoms with Crippen LogP contribution in [0.5, 0.6) is 0 Å². The van der Waals surface area contributed by atoms with Gasteiger partial charge in [0, 0.05) is 24.1 Å². The van der Waals surface area contributed by atoms with Crippen LogP contribution in [0, 0.1) is 11.3 Å². The van der Waals surface area contributed by atoms with Gasteiger partial charge in [-0.3, -0.25) is 5.87 Å². The SMILES string of the molecule is N#CC(=C=[N-])CCCCCC[n+]1ccccc1. The van der Waals surface area contributed by atoms with Crippen LogP contribution in [0.1, 0.15) is 32.1 Å². The van der Waals surface area contributed by atoms with Gasteiger partial charge >= 0.3 is 0 Å². The van der Waals surface area contributed by atoms with Gasteiger partial charge in [-0.1, -0.05) is 12.5 Å². The van der Waals surface area contributed by atoms with Crippen molar-refractivity contribution < 1.29 is 4.57 Å². The van der Waals surface area contributed by atoms with Crippen molar-refractivity contribution in [2.75, 3.05) is 0 Å². The maximum Gasteiger partial charge on any atom is 0.168 e. The fourth-order valence-corrected chi connectivity index (χ4v) is 1.67. The molecule has 0 saturated heterocycles. The fourth-order valence-electron chi connectivity index (χ4n) is 1.67. The van der Waals surface area contributed by atoms with Crippen LogP contribution in [0.15, 0.2) is 36.2 Å². The summed E-state index contributed by atoms with van der Waals surface area (Å²) in [6.45, 7) is 1.04. The van der Waals surface area contributed by atoms with Crippen LogP contribution in [0.2, 0.25) is 0 Å². The summed E-state index contributed by atoms with van der Waals surface area (Å²) in [6, 6.07) is 7.99. The Hall–Kier alpha value is -1.91. The molecule has 1 heterocycles. The summed E-state index contributed by atoms with van der Waals surface area (Å²) in [5.74, 6) is 1.92. The molecule has 0 aromatic carbocycles. The van der Waals surface area contributed by atoms with Crippen molar-refractivity contribution in [1.82, 2.24) is 0 Å². The molecule has 88 valence electrons. The minimum Gasteiger partial charge on any atom is -0.762 e. The van der Waals surface area contributed by atoms with E-state index in [4.69, 9.17) is 10.7 Å². The summed E-state index contributed by atoms with van der Waals surface area (Å²) in [6.07, 6.45) is 9.07.